The summed E-state index contributed by atoms with van der Waals surface area (Å²) >= 11 is 0. The second-order valence-corrected chi connectivity index (χ2v) is 7.46. The number of hydrogen-bond donors (Lipinski definition) is 1. The molecule has 0 radical (unpaired) electrons. The summed E-state index contributed by atoms with van der Waals surface area (Å²) in [5, 5.41) is 3.49. The van der Waals surface area contributed by atoms with Crippen molar-refractivity contribution in [2.45, 2.75) is 25.7 Å². The van der Waals surface area contributed by atoms with Crippen LogP contribution in [0.3, 0.4) is 0 Å². The van der Waals surface area contributed by atoms with Gasteiger partial charge in [-0.3, -0.25) is 4.99 Å². The molecule has 1 aromatic rings. The molecule has 3 rings (SSSR count). The molecule has 0 saturated carbocycles. The zero-order valence-corrected chi connectivity index (χ0v) is 16.8. The van der Waals surface area contributed by atoms with Crippen molar-refractivity contribution in [1.82, 2.24) is 15.1 Å². The minimum absolute atomic E-state index is 0.675. The van der Waals surface area contributed by atoms with Crippen LogP contribution in [-0.4, -0.2) is 75.8 Å². The fourth-order valence-corrected chi connectivity index (χ4v) is 3.99. The molecule has 0 spiro atoms. The number of rotatable bonds is 8. The molecule has 1 atom stereocenters. The van der Waals surface area contributed by atoms with E-state index in [-0.39, 0.29) is 0 Å². The molecular formula is C21H34N4O2. The van der Waals surface area contributed by atoms with Crippen LogP contribution in [0.15, 0.2) is 29.3 Å². The van der Waals surface area contributed by atoms with E-state index in [0.717, 1.165) is 49.4 Å². The molecule has 150 valence electrons. The van der Waals surface area contributed by atoms with Gasteiger partial charge in [0.1, 0.15) is 11.5 Å². The normalized spacial score (nSPS) is 20.9. The van der Waals surface area contributed by atoms with Gasteiger partial charge in [-0.25, -0.2) is 0 Å². The van der Waals surface area contributed by atoms with Crippen LogP contribution in [-0.2, 0) is 0 Å². The molecule has 2 saturated heterocycles. The van der Waals surface area contributed by atoms with Crippen molar-refractivity contribution in [1.29, 1.82) is 0 Å². The number of aliphatic imine (C=N–C) groups is 1. The number of benzene rings is 1. The number of nitrogens with zero attached hydrogens (tertiary/aromatic N) is 3. The highest BCUT2D eigenvalue weighted by atomic mass is 16.5. The van der Waals surface area contributed by atoms with E-state index < -0.39 is 0 Å². The average Bonchev–Trinajstić information content (AvgIpc) is 3.37. The van der Waals surface area contributed by atoms with Crippen molar-refractivity contribution in [2.75, 3.05) is 60.0 Å². The van der Waals surface area contributed by atoms with Crippen LogP contribution in [0.2, 0.25) is 0 Å². The summed E-state index contributed by atoms with van der Waals surface area (Å²) in [5.74, 6) is 3.48. The molecule has 0 amide bonds. The lowest BCUT2D eigenvalue weighted by Gasteiger charge is -2.23. The highest BCUT2D eigenvalue weighted by molar-refractivity contribution is 5.80. The lowest BCUT2D eigenvalue weighted by atomic mass is 10.1. The van der Waals surface area contributed by atoms with E-state index in [1.807, 2.05) is 31.3 Å². The third kappa shape index (κ3) is 6.03. The first-order valence-corrected chi connectivity index (χ1v) is 10.2. The number of nitrogens with one attached hydrogen (secondary N) is 1. The SMILES string of the molecule is CN=C(NCCCOc1cccc(OC)c1)N1CCC(CN2CCCC2)C1. The third-order valence-corrected chi connectivity index (χ3v) is 5.43. The van der Waals surface area contributed by atoms with Crippen LogP contribution in [0.1, 0.15) is 25.7 Å². The van der Waals surface area contributed by atoms with Gasteiger partial charge in [0.2, 0.25) is 0 Å². The van der Waals surface area contributed by atoms with E-state index in [1.165, 1.54) is 38.9 Å². The summed E-state index contributed by atoms with van der Waals surface area (Å²) < 4.78 is 11.0. The Balaban J connectivity index is 1.33. The fraction of sp³-hybridized carbons (Fsp3) is 0.667. The Labute approximate surface area is 163 Å². The lowest BCUT2D eigenvalue weighted by molar-refractivity contribution is 0.280. The van der Waals surface area contributed by atoms with Crippen LogP contribution >= 0.6 is 0 Å². The van der Waals surface area contributed by atoms with Gasteiger partial charge < -0.3 is 24.6 Å². The van der Waals surface area contributed by atoms with Gasteiger partial charge in [0.05, 0.1) is 13.7 Å². The van der Waals surface area contributed by atoms with Crippen LogP contribution in [0.4, 0.5) is 0 Å². The summed E-state index contributed by atoms with van der Waals surface area (Å²) in [6.07, 6.45) is 4.95. The smallest absolute Gasteiger partial charge is 0.193 e. The van der Waals surface area contributed by atoms with Crippen molar-refractivity contribution in [3.05, 3.63) is 24.3 Å². The Bertz CT molecular complexity index is 602. The molecule has 27 heavy (non-hydrogen) atoms. The second kappa shape index (κ2) is 10.4. The van der Waals surface area contributed by atoms with E-state index >= 15 is 0 Å². The highest BCUT2D eigenvalue weighted by Crippen LogP contribution is 2.20. The van der Waals surface area contributed by atoms with Gasteiger partial charge in [-0.2, -0.15) is 0 Å². The summed E-state index contributed by atoms with van der Waals surface area (Å²) in [6.45, 7) is 7.60. The molecule has 0 aliphatic carbocycles. The first kappa shape index (κ1) is 19.8. The van der Waals surface area contributed by atoms with E-state index in [1.54, 1.807) is 7.11 Å². The van der Waals surface area contributed by atoms with Crippen LogP contribution < -0.4 is 14.8 Å². The minimum atomic E-state index is 0.675. The second-order valence-electron chi connectivity index (χ2n) is 7.46. The first-order chi connectivity index (χ1) is 13.3. The number of guanidine groups is 1. The molecule has 2 aliphatic heterocycles. The van der Waals surface area contributed by atoms with Gasteiger partial charge >= 0.3 is 0 Å². The van der Waals surface area contributed by atoms with E-state index in [2.05, 4.69) is 20.1 Å². The van der Waals surface area contributed by atoms with Gasteiger partial charge in [0.15, 0.2) is 5.96 Å². The Hall–Kier alpha value is -1.95. The van der Waals surface area contributed by atoms with E-state index in [4.69, 9.17) is 9.47 Å². The zero-order chi connectivity index (χ0) is 18.9. The maximum atomic E-state index is 5.80. The summed E-state index contributed by atoms with van der Waals surface area (Å²) in [5.41, 5.74) is 0. The molecule has 1 N–H and O–H groups in total. The minimum Gasteiger partial charge on any atom is -0.497 e. The summed E-state index contributed by atoms with van der Waals surface area (Å²) in [4.78, 5) is 9.51. The Kier molecular flexibility index (Phi) is 7.63. The number of hydrogen-bond acceptors (Lipinski definition) is 4. The summed E-state index contributed by atoms with van der Waals surface area (Å²) in [7, 11) is 3.55. The lowest BCUT2D eigenvalue weighted by Crippen LogP contribution is -2.41. The topological polar surface area (TPSA) is 49.3 Å². The van der Waals surface area contributed by atoms with Crippen molar-refractivity contribution >= 4 is 5.96 Å². The number of methoxy groups -OCH3 is 1. The molecule has 6 heteroatoms. The van der Waals surface area contributed by atoms with Gasteiger partial charge in [-0.15, -0.1) is 0 Å². The average molecular weight is 375 g/mol. The first-order valence-electron chi connectivity index (χ1n) is 10.2. The molecular weight excluding hydrogens is 340 g/mol. The fourth-order valence-electron chi connectivity index (χ4n) is 3.99. The molecule has 2 heterocycles. The van der Waals surface area contributed by atoms with E-state index in [0.29, 0.717) is 6.61 Å². The van der Waals surface area contributed by atoms with Crippen LogP contribution in [0.25, 0.3) is 0 Å². The molecule has 1 unspecified atom stereocenters. The number of ether oxygens (including phenoxy) is 2. The van der Waals surface area contributed by atoms with Crippen LogP contribution in [0, 0.1) is 5.92 Å². The van der Waals surface area contributed by atoms with Gasteiger partial charge in [0.25, 0.3) is 0 Å². The summed E-state index contributed by atoms with van der Waals surface area (Å²) in [6, 6.07) is 7.74. The molecule has 0 bridgehead atoms. The Morgan fingerprint density at radius 3 is 2.81 bits per heavy atom. The largest absolute Gasteiger partial charge is 0.497 e. The Morgan fingerprint density at radius 2 is 2.04 bits per heavy atom. The molecule has 1 aromatic carbocycles. The highest BCUT2D eigenvalue weighted by Gasteiger charge is 2.27. The predicted molar refractivity (Wildman–Crippen MR) is 110 cm³/mol. The van der Waals surface area contributed by atoms with Crippen molar-refractivity contribution in [3.8, 4) is 11.5 Å². The standard InChI is InChI=1S/C21H34N4O2/c1-22-21(25-13-9-18(17-25)16-24-11-3-4-12-24)23-10-6-14-27-20-8-5-7-19(15-20)26-2/h5,7-8,15,18H,3-4,6,9-14,16-17H2,1-2H3,(H,22,23). The molecule has 0 aromatic heterocycles. The van der Waals surface area contributed by atoms with Gasteiger partial charge in [-0.1, -0.05) is 6.07 Å². The van der Waals surface area contributed by atoms with Gasteiger partial charge in [-0.05, 0) is 56.8 Å². The van der Waals surface area contributed by atoms with Crippen molar-refractivity contribution in [2.24, 2.45) is 10.9 Å². The van der Waals surface area contributed by atoms with Crippen LogP contribution in [0.5, 0.6) is 11.5 Å². The maximum Gasteiger partial charge on any atom is 0.193 e. The van der Waals surface area contributed by atoms with Crippen molar-refractivity contribution < 1.29 is 9.47 Å². The number of likely N-dealkylation sites (tertiary alicyclic amines) is 2. The predicted octanol–water partition coefficient (Wildman–Crippen LogP) is 2.46. The van der Waals surface area contributed by atoms with Crippen molar-refractivity contribution in [3.63, 3.8) is 0 Å². The monoisotopic (exact) mass is 374 g/mol. The Morgan fingerprint density at radius 1 is 1.22 bits per heavy atom. The van der Waals surface area contributed by atoms with Gasteiger partial charge in [0, 0.05) is 39.3 Å². The van der Waals surface area contributed by atoms with E-state index in [9.17, 15) is 0 Å². The quantitative estimate of drug-likeness (QED) is 0.430. The molecule has 6 nitrogen and oxygen atoms in total. The third-order valence-electron chi connectivity index (χ3n) is 5.43. The zero-order valence-electron chi connectivity index (χ0n) is 16.8. The molecule has 2 aliphatic rings. The maximum absolute atomic E-state index is 5.80. The molecule has 2 fully saturated rings.